The Kier molecular flexibility index (Phi) is 7.05. The highest BCUT2D eigenvalue weighted by atomic mass is 35.5. The van der Waals surface area contributed by atoms with Gasteiger partial charge in [-0.2, -0.15) is 0 Å². The lowest BCUT2D eigenvalue weighted by Gasteiger charge is -2.12. The van der Waals surface area contributed by atoms with E-state index in [0.29, 0.717) is 21.3 Å². The zero-order chi connectivity index (χ0) is 21.0. The first-order chi connectivity index (χ1) is 13.9. The lowest BCUT2D eigenvalue weighted by atomic mass is 10.1. The Morgan fingerprint density at radius 1 is 1.31 bits per heavy atom. The van der Waals surface area contributed by atoms with Gasteiger partial charge in [0.2, 0.25) is 0 Å². The number of aryl methyl sites for hydroxylation is 1. The minimum absolute atomic E-state index is 0.102. The van der Waals surface area contributed by atoms with Crippen molar-refractivity contribution in [3.05, 3.63) is 49.3 Å². The van der Waals surface area contributed by atoms with Gasteiger partial charge in [0.05, 0.1) is 27.8 Å². The molecule has 1 aromatic heterocycles. The Morgan fingerprint density at radius 2 is 2.07 bits per heavy atom. The standard InChI is InChI=1S/C19H20ClN3O4S2/c1-2-27-18(24)16-12-6-4-3-5-7-15(12)29-17(16)22-19(28)21-14-10-11(23(25)26)8-9-13(14)20/h8-10H,2-7H2,1H3,(H2,21,22,28). The van der Waals surface area contributed by atoms with E-state index in [1.807, 2.05) is 0 Å². The van der Waals surface area contributed by atoms with E-state index in [4.69, 9.17) is 28.6 Å². The predicted octanol–water partition coefficient (Wildman–Crippen LogP) is 5.56. The number of carbonyl (C=O) groups is 1. The number of nitro groups is 1. The number of hydrogen-bond donors (Lipinski definition) is 2. The van der Waals surface area contributed by atoms with Gasteiger partial charge in [-0.15, -0.1) is 11.3 Å². The zero-order valence-corrected chi connectivity index (χ0v) is 18.1. The highest BCUT2D eigenvalue weighted by Crippen LogP contribution is 2.38. The number of benzene rings is 1. The van der Waals surface area contributed by atoms with Crippen molar-refractivity contribution in [3.8, 4) is 0 Å². The molecule has 0 bridgehead atoms. The van der Waals surface area contributed by atoms with E-state index >= 15 is 0 Å². The maximum Gasteiger partial charge on any atom is 0.341 e. The van der Waals surface area contributed by atoms with Crippen molar-refractivity contribution >= 4 is 62.6 Å². The molecule has 0 radical (unpaired) electrons. The molecular weight excluding hydrogens is 434 g/mol. The van der Waals surface area contributed by atoms with E-state index in [0.717, 1.165) is 37.7 Å². The quantitative estimate of drug-likeness (QED) is 0.201. The van der Waals surface area contributed by atoms with Crippen LogP contribution in [0.25, 0.3) is 0 Å². The van der Waals surface area contributed by atoms with Crippen molar-refractivity contribution in [3.63, 3.8) is 0 Å². The number of fused-ring (bicyclic) bond motifs is 1. The lowest BCUT2D eigenvalue weighted by Crippen LogP contribution is -2.20. The average Bonchev–Trinajstić information content (AvgIpc) is 2.84. The topological polar surface area (TPSA) is 93.5 Å². The van der Waals surface area contributed by atoms with E-state index in [-0.39, 0.29) is 23.4 Å². The number of anilines is 2. The monoisotopic (exact) mass is 453 g/mol. The number of thiophene rings is 1. The highest BCUT2D eigenvalue weighted by Gasteiger charge is 2.26. The van der Waals surface area contributed by atoms with E-state index in [2.05, 4.69) is 10.6 Å². The smallest absolute Gasteiger partial charge is 0.341 e. The summed E-state index contributed by atoms with van der Waals surface area (Å²) in [5, 5.41) is 18.1. The SMILES string of the molecule is CCOC(=O)c1c(NC(=S)Nc2cc([N+](=O)[O-])ccc2Cl)sc2c1CCCCC2. The number of nitrogens with zero attached hydrogens (tertiary/aromatic N) is 1. The van der Waals surface area contributed by atoms with Crippen LogP contribution in [0, 0.1) is 10.1 Å². The van der Waals surface area contributed by atoms with Crippen LogP contribution >= 0.6 is 35.2 Å². The molecule has 0 fully saturated rings. The number of esters is 1. The number of hydrogen-bond acceptors (Lipinski definition) is 6. The van der Waals surface area contributed by atoms with Gasteiger partial charge < -0.3 is 15.4 Å². The zero-order valence-electron chi connectivity index (χ0n) is 15.7. The minimum atomic E-state index is -0.507. The first-order valence-electron chi connectivity index (χ1n) is 9.24. The van der Waals surface area contributed by atoms with Crippen molar-refractivity contribution in [2.24, 2.45) is 0 Å². The normalized spacial score (nSPS) is 13.2. The first kappa shape index (κ1) is 21.5. The van der Waals surface area contributed by atoms with Crippen molar-refractivity contribution < 1.29 is 14.5 Å². The largest absolute Gasteiger partial charge is 0.462 e. The Hall–Kier alpha value is -2.23. The number of thiocarbonyl (C=S) groups is 1. The number of non-ortho nitro benzene ring substituents is 1. The van der Waals surface area contributed by atoms with Gasteiger partial charge in [-0.3, -0.25) is 10.1 Å². The number of rotatable bonds is 5. The van der Waals surface area contributed by atoms with Crippen LogP contribution in [0.4, 0.5) is 16.4 Å². The van der Waals surface area contributed by atoms with Crippen LogP contribution in [0.3, 0.4) is 0 Å². The van der Waals surface area contributed by atoms with Crippen molar-refractivity contribution in [1.82, 2.24) is 0 Å². The van der Waals surface area contributed by atoms with Crippen LogP contribution < -0.4 is 10.6 Å². The maximum absolute atomic E-state index is 12.6. The molecule has 7 nitrogen and oxygen atoms in total. The summed E-state index contributed by atoms with van der Waals surface area (Å²) >= 11 is 13.0. The third-order valence-corrected chi connectivity index (χ3v) is 6.28. The Bertz CT molecular complexity index is 961. The summed E-state index contributed by atoms with van der Waals surface area (Å²) in [7, 11) is 0. The molecule has 29 heavy (non-hydrogen) atoms. The number of carbonyl (C=O) groups excluding carboxylic acids is 1. The number of nitrogens with one attached hydrogen (secondary N) is 2. The number of halogens is 1. The first-order valence-corrected chi connectivity index (χ1v) is 10.8. The molecule has 2 aromatic rings. The molecule has 3 rings (SSSR count). The summed E-state index contributed by atoms with van der Waals surface area (Å²) in [4.78, 5) is 24.3. The summed E-state index contributed by atoms with van der Waals surface area (Å²) in [5.74, 6) is -0.370. The van der Waals surface area contributed by atoms with Crippen LogP contribution in [0.15, 0.2) is 18.2 Å². The summed E-state index contributed by atoms with van der Waals surface area (Å²) in [6.07, 6.45) is 5.00. The van der Waals surface area contributed by atoms with E-state index in [9.17, 15) is 14.9 Å². The summed E-state index contributed by atoms with van der Waals surface area (Å²) in [6, 6.07) is 4.06. The second-order valence-corrected chi connectivity index (χ2v) is 8.41. The molecule has 0 saturated carbocycles. The Labute approximate surface area is 182 Å². The molecule has 1 aromatic carbocycles. The van der Waals surface area contributed by atoms with Gasteiger partial charge in [0.15, 0.2) is 5.11 Å². The number of nitro benzene ring substituents is 1. The third-order valence-electron chi connectivity index (χ3n) is 4.54. The number of ether oxygens (including phenoxy) is 1. The molecule has 1 heterocycles. The second kappa shape index (κ2) is 9.51. The molecule has 0 atom stereocenters. The van der Waals surface area contributed by atoms with Gasteiger partial charge in [0.25, 0.3) is 5.69 Å². The average molecular weight is 454 g/mol. The fourth-order valence-electron chi connectivity index (χ4n) is 3.23. The lowest BCUT2D eigenvalue weighted by molar-refractivity contribution is -0.384. The van der Waals surface area contributed by atoms with Gasteiger partial charge in [0, 0.05) is 17.0 Å². The van der Waals surface area contributed by atoms with Crippen molar-refractivity contribution in [1.29, 1.82) is 0 Å². The highest BCUT2D eigenvalue weighted by molar-refractivity contribution is 7.80. The minimum Gasteiger partial charge on any atom is -0.462 e. The fraction of sp³-hybridized carbons (Fsp3) is 0.368. The maximum atomic E-state index is 12.6. The summed E-state index contributed by atoms with van der Waals surface area (Å²) in [6.45, 7) is 2.06. The molecule has 0 aliphatic heterocycles. The van der Waals surface area contributed by atoms with Crippen LogP contribution in [0.2, 0.25) is 5.02 Å². The van der Waals surface area contributed by atoms with E-state index in [1.54, 1.807) is 6.92 Å². The summed E-state index contributed by atoms with van der Waals surface area (Å²) in [5.41, 5.74) is 1.77. The van der Waals surface area contributed by atoms with Crippen molar-refractivity contribution in [2.45, 2.75) is 39.0 Å². The molecule has 0 amide bonds. The fourth-order valence-corrected chi connectivity index (χ4v) is 4.95. The second-order valence-electron chi connectivity index (χ2n) is 6.49. The van der Waals surface area contributed by atoms with Gasteiger partial charge in [-0.25, -0.2) is 4.79 Å². The molecule has 0 spiro atoms. The van der Waals surface area contributed by atoms with Gasteiger partial charge in [-0.05, 0) is 56.5 Å². The van der Waals surface area contributed by atoms with Crippen molar-refractivity contribution in [2.75, 3.05) is 17.2 Å². The van der Waals surface area contributed by atoms with Crippen LogP contribution in [-0.2, 0) is 17.6 Å². The molecule has 10 heteroatoms. The van der Waals surface area contributed by atoms with Gasteiger partial charge in [-0.1, -0.05) is 18.0 Å². The Morgan fingerprint density at radius 3 is 2.79 bits per heavy atom. The van der Waals surface area contributed by atoms with Crippen LogP contribution in [0.1, 0.15) is 47.0 Å². The van der Waals surface area contributed by atoms with Gasteiger partial charge in [0.1, 0.15) is 5.00 Å². The molecule has 2 N–H and O–H groups in total. The van der Waals surface area contributed by atoms with E-state index < -0.39 is 4.92 Å². The van der Waals surface area contributed by atoms with E-state index in [1.165, 1.54) is 34.4 Å². The van der Waals surface area contributed by atoms with Crippen LogP contribution in [-0.4, -0.2) is 22.6 Å². The molecule has 0 unspecified atom stereocenters. The van der Waals surface area contributed by atoms with Crippen LogP contribution in [0.5, 0.6) is 0 Å². The predicted molar refractivity (Wildman–Crippen MR) is 119 cm³/mol. The summed E-state index contributed by atoms with van der Waals surface area (Å²) < 4.78 is 5.26. The third kappa shape index (κ3) is 5.04. The van der Waals surface area contributed by atoms with Gasteiger partial charge >= 0.3 is 5.97 Å². The Balaban J connectivity index is 1.86. The molecular formula is C19H20ClN3O4S2. The molecule has 1 aliphatic rings. The molecule has 0 saturated heterocycles. The molecule has 1 aliphatic carbocycles. The molecule has 154 valence electrons.